The Bertz CT molecular complexity index is 912. The second-order valence-electron chi connectivity index (χ2n) is 7.27. The zero-order chi connectivity index (χ0) is 19.3. The Balaban J connectivity index is 0.00000240. The van der Waals surface area contributed by atoms with Crippen LogP contribution in [0.3, 0.4) is 0 Å². The molecule has 1 N–H and O–H groups in total. The van der Waals surface area contributed by atoms with Gasteiger partial charge < -0.3 is 10.0 Å². The molecular weight excluding hydrogens is 403 g/mol. The largest absolute Gasteiger partial charge is 0.508 e. The van der Waals surface area contributed by atoms with Crippen molar-refractivity contribution in [2.75, 3.05) is 31.1 Å². The number of anilines is 1. The third-order valence-corrected chi connectivity index (χ3v) is 5.79. The molecule has 3 aromatic rings. The molecular formula is C24H26Cl2N2O. The molecule has 1 aliphatic heterocycles. The lowest BCUT2D eigenvalue weighted by atomic mass is 9.96. The van der Waals surface area contributed by atoms with Crippen molar-refractivity contribution < 1.29 is 5.11 Å². The van der Waals surface area contributed by atoms with E-state index in [1.54, 1.807) is 6.07 Å². The van der Waals surface area contributed by atoms with Gasteiger partial charge >= 0.3 is 0 Å². The van der Waals surface area contributed by atoms with Crippen molar-refractivity contribution >= 4 is 29.7 Å². The standard InChI is InChI=1S/C24H25ClN2O.ClH/c25-22-11-4-5-12-23(22)26-13-15-27(16-14-26)24(20-8-2-1-3-9-20)18-19-7-6-10-21(28)17-19;/h1-12,17,24,28H,13-16,18H2;1H. The van der Waals surface area contributed by atoms with E-state index in [0.29, 0.717) is 5.75 Å². The van der Waals surface area contributed by atoms with Crippen LogP contribution in [0.2, 0.25) is 5.02 Å². The monoisotopic (exact) mass is 428 g/mol. The zero-order valence-electron chi connectivity index (χ0n) is 16.2. The topological polar surface area (TPSA) is 26.7 Å². The first-order valence-corrected chi connectivity index (χ1v) is 10.1. The van der Waals surface area contributed by atoms with E-state index >= 15 is 0 Å². The molecule has 1 fully saturated rings. The Kier molecular flexibility index (Phi) is 7.43. The maximum Gasteiger partial charge on any atom is 0.115 e. The summed E-state index contributed by atoms with van der Waals surface area (Å²) in [6, 6.07) is 26.6. The van der Waals surface area contributed by atoms with Gasteiger partial charge in [-0.15, -0.1) is 12.4 Å². The Hall–Kier alpha value is -2.20. The summed E-state index contributed by atoms with van der Waals surface area (Å²) in [5, 5.41) is 10.7. The highest BCUT2D eigenvalue weighted by Crippen LogP contribution is 2.30. The van der Waals surface area contributed by atoms with Crippen molar-refractivity contribution in [3.05, 3.63) is 95.0 Å². The molecule has 4 rings (SSSR count). The van der Waals surface area contributed by atoms with E-state index in [2.05, 4.69) is 52.3 Å². The van der Waals surface area contributed by atoms with Gasteiger partial charge in [-0.3, -0.25) is 4.90 Å². The van der Waals surface area contributed by atoms with Gasteiger partial charge in [0.2, 0.25) is 0 Å². The number of aromatic hydroxyl groups is 1. The van der Waals surface area contributed by atoms with Gasteiger partial charge in [-0.25, -0.2) is 0 Å². The van der Waals surface area contributed by atoms with Crippen LogP contribution in [0.25, 0.3) is 0 Å². The Labute approximate surface area is 183 Å². The number of piperazine rings is 1. The highest BCUT2D eigenvalue weighted by Gasteiger charge is 2.26. The van der Waals surface area contributed by atoms with E-state index in [1.807, 2.05) is 30.3 Å². The lowest BCUT2D eigenvalue weighted by Gasteiger charge is -2.40. The summed E-state index contributed by atoms with van der Waals surface area (Å²) in [6.07, 6.45) is 0.879. The minimum atomic E-state index is 0. The lowest BCUT2D eigenvalue weighted by Crippen LogP contribution is -2.48. The highest BCUT2D eigenvalue weighted by atomic mass is 35.5. The highest BCUT2D eigenvalue weighted by molar-refractivity contribution is 6.33. The summed E-state index contributed by atoms with van der Waals surface area (Å²) in [6.45, 7) is 3.85. The zero-order valence-corrected chi connectivity index (χ0v) is 17.8. The van der Waals surface area contributed by atoms with E-state index in [4.69, 9.17) is 11.6 Å². The van der Waals surface area contributed by atoms with Crippen molar-refractivity contribution in [1.29, 1.82) is 0 Å². The fourth-order valence-electron chi connectivity index (χ4n) is 4.02. The number of nitrogens with zero attached hydrogens (tertiary/aromatic N) is 2. The minimum Gasteiger partial charge on any atom is -0.508 e. The maximum atomic E-state index is 9.86. The smallest absolute Gasteiger partial charge is 0.115 e. The predicted octanol–water partition coefficient (Wildman–Crippen LogP) is 5.57. The lowest BCUT2D eigenvalue weighted by molar-refractivity contribution is 0.184. The summed E-state index contributed by atoms with van der Waals surface area (Å²) in [7, 11) is 0. The quantitative estimate of drug-likeness (QED) is 0.574. The van der Waals surface area contributed by atoms with Gasteiger partial charge in [0.15, 0.2) is 0 Å². The Morgan fingerprint density at radius 3 is 2.21 bits per heavy atom. The fourth-order valence-corrected chi connectivity index (χ4v) is 4.28. The van der Waals surface area contributed by atoms with Crippen LogP contribution in [-0.2, 0) is 6.42 Å². The van der Waals surface area contributed by atoms with E-state index in [-0.39, 0.29) is 18.4 Å². The third kappa shape index (κ3) is 5.24. The van der Waals surface area contributed by atoms with Gasteiger partial charge in [0, 0.05) is 32.2 Å². The number of phenols is 1. The molecule has 152 valence electrons. The first-order valence-electron chi connectivity index (χ1n) is 9.77. The van der Waals surface area contributed by atoms with Crippen LogP contribution in [0, 0.1) is 0 Å². The second kappa shape index (κ2) is 10.0. The SMILES string of the molecule is Cl.Oc1cccc(CC(c2ccccc2)N2CCN(c3ccccc3Cl)CC2)c1. The number of benzene rings is 3. The number of rotatable bonds is 5. The molecule has 0 bridgehead atoms. The number of halogens is 2. The maximum absolute atomic E-state index is 9.86. The molecule has 0 aromatic heterocycles. The van der Waals surface area contributed by atoms with E-state index in [0.717, 1.165) is 48.9 Å². The van der Waals surface area contributed by atoms with Crippen molar-refractivity contribution in [3.63, 3.8) is 0 Å². The first kappa shape index (κ1) is 21.5. The van der Waals surface area contributed by atoms with Gasteiger partial charge in [-0.1, -0.05) is 66.2 Å². The van der Waals surface area contributed by atoms with Gasteiger partial charge in [0.25, 0.3) is 0 Å². The molecule has 1 aliphatic rings. The molecule has 1 heterocycles. The second-order valence-corrected chi connectivity index (χ2v) is 7.68. The van der Waals surface area contributed by atoms with Gasteiger partial charge in [-0.05, 0) is 41.8 Å². The van der Waals surface area contributed by atoms with Crippen LogP contribution in [-0.4, -0.2) is 36.2 Å². The molecule has 5 heteroatoms. The summed E-state index contributed by atoms with van der Waals surface area (Å²) in [5.74, 6) is 0.327. The normalized spacial score (nSPS) is 15.6. The average molecular weight is 429 g/mol. The molecule has 0 aliphatic carbocycles. The van der Waals surface area contributed by atoms with Crippen LogP contribution in [0.4, 0.5) is 5.69 Å². The van der Waals surface area contributed by atoms with Crippen molar-refractivity contribution in [1.82, 2.24) is 4.90 Å². The summed E-state index contributed by atoms with van der Waals surface area (Å²) in [4.78, 5) is 4.92. The Morgan fingerprint density at radius 2 is 1.52 bits per heavy atom. The van der Waals surface area contributed by atoms with Gasteiger partial charge in [0.05, 0.1) is 10.7 Å². The molecule has 0 spiro atoms. The molecule has 1 unspecified atom stereocenters. The van der Waals surface area contributed by atoms with Crippen LogP contribution in [0.5, 0.6) is 5.75 Å². The fraction of sp³-hybridized carbons (Fsp3) is 0.250. The number of para-hydroxylation sites is 1. The molecule has 0 radical (unpaired) electrons. The van der Waals surface area contributed by atoms with E-state index in [9.17, 15) is 5.11 Å². The molecule has 0 saturated carbocycles. The van der Waals surface area contributed by atoms with Gasteiger partial charge in [-0.2, -0.15) is 0 Å². The molecule has 1 atom stereocenters. The van der Waals surface area contributed by atoms with Crippen molar-refractivity contribution in [2.24, 2.45) is 0 Å². The van der Waals surface area contributed by atoms with Crippen molar-refractivity contribution in [2.45, 2.75) is 12.5 Å². The van der Waals surface area contributed by atoms with Crippen molar-refractivity contribution in [3.8, 4) is 5.75 Å². The molecule has 3 aromatic carbocycles. The van der Waals surface area contributed by atoms with E-state index in [1.165, 1.54) is 5.56 Å². The van der Waals surface area contributed by atoms with Gasteiger partial charge in [0.1, 0.15) is 5.75 Å². The van der Waals surface area contributed by atoms with Crippen LogP contribution >= 0.6 is 24.0 Å². The third-order valence-electron chi connectivity index (χ3n) is 5.47. The predicted molar refractivity (Wildman–Crippen MR) is 123 cm³/mol. The molecule has 3 nitrogen and oxygen atoms in total. The summed E-state index contributed by atoms with van der Waals surface area (Å²) >= 11 is 6.40. The first-order chi connectivity index (χ1) is 13.7. The average Bonchev–Trinajstić information content (AvgIpc) is 2.73. The van der Waals surface area contributed by atoms with Crippen LogP contribution in [0.15, 0.2) is 78.9 Å². The summed E-state index contributed by atoms with van der Waals surface area (Å²) < 4.78 is 0. The summed E-state index contributed by atoms with van der Waals surface area (Å²) in [5.41, 5.74) is 3.59. The molecule has 0 amide bonds. The minimum absolute atomic E-state index is 0. The molecule has 1 saturated heterocycles. The van der Waals surface area contributed by atoms with E-state index < -0.39 is 0 Å². The molecule has 29 heavy (non-hydrogen) atoms. The van der Waals surface area contributed by atoms with Crippen LogP contribution in [0.1, 0.15) is 17.2 Å². The number of phenolic OH excluding ortho intramolecular Hbond substituents is 1. The Morgan fingerprint density at radius 1 is 0.828 bits per heavy atom. The number of hydrogen-bond acceptors (Lipinski definition) is 3. The number of hydrogen-bond donors (Lipinski definition) is 1. The van der Waals surface area contributed by atoms with Crippen LogP contribution < -0.4 is 4.90 Å².